The Labute approximate surface area is 104 Å². The molecule has 0 saturated heterocycles. The molecule has 0 aliphatic heterocycles. The molecule has 0 N–H and O–H groups in total. The molecule has 0 radical (unpaired) electrons. The normalized spacial score (nSPS) is 18.8. The molecule has 0 aromatic rings. The Bertz CT molecular complexity index is 166. The van der Waals surface area contributed by atoms with Crippen molar-refractivity contribution in [2.45, 2.75) is 52.5 Å². The van der Waals surface area contributed by atoms with Crippen molar-refractivity contribution >= 4 is 15.9 Å². The van der Waals surface area contributed by atoms with Crippen LogP contribution in [0.4, 0.5) is 0 Å². The fourth-order valence-corrected chi connectivity index (χ4v) is 2.69. The lowest BCUT2D eigenvalue weighted by Gasteiger charge is -2.27. The minimum atomic E-state index is 0.724. The van der Waals surface area contributed by atoms with E-state index in [1.54, 1.807) is 0 Å². The van der Waals surface area contributed by atoms with Crippen molar-refractivity contribution in [1.82, 2.24) is 4.90 Å². The molecule has 0 spiro atoms. The molecule has 0 heterocycles. The fourth-order valence-electron chi connectivity index (χ4n) is 1.91. The maximum Gasteiger partial charge on any atom is 0.00387 e. The van der Waals surface area contributed by atoms with Gasteiger partial charge in [-0.3, -0.25) is 0 Å². The Morgan fingerprint density at radius 1 is 1.20 bits per heavy atom. The van der Waals surface area contributed by atoms with Crippen LogP contribution in [0.3, 0.4) is 0 Å². The van der Waals surface area contributed by atoms with E-state index in [2.05, 4.69) is 41.6 Å². The molecule has 1 atom stereocenters. The standard InChI is InChI=1S/C13H26BrN/c1-11(2)15(10-13-4-5-13)9-7-12(3)6-8-14/h11-13H,4-10H2,1-3H3. The van der Waals surface area contributed by atoms with Gasteiger partial charge in [0.05, 0.1) is 0 Å². The number of halogens is 1. The molecule has 15 heavy (non-hydrogen) atoms. The molecule has 1 saturated carbocycles. The van der Waals surface area contributed by atoms with Crippen molar-refractivity contribution < 1.29 is 0 Å². The van der Waals surface area contributed by atoms with Crippen LogP contribution >= 0.6 is 15.9 Å². The van der Waals surface area contributed by atoms with Crippen LogP contribution < -0.4 is 0 Å². The van der Waals surface area contributed by atoms with Crippen LogP contribution in [0.2, 0.25) is 0 Å². The minimum absolute atomic E-state index is 0.724. The third-order valence-corrected chi connectivity index (χ3v) is 3.89. The second-order valence-corrected chi connectivity index (χ2v) is 6.20. The maximum absolute atomic E-state index is 3.52. The number of alkyl halides is 1. The van der Waals surface area contributed by atoms with E-state index in [0.29, 0.717) is 0 Å². The summed E-state index contributed by atoms with van der Waals surface area (Å²) in [5, 5.41) is 1.15. The maximum atomic E-state index is 3.52. The zero-order valence-electron chi connectivity index (χ0n) is 10.5. The molecule has 0 aromatic heterocycles. The number of nitrogens with zero attached hydrogens (tertiary/aromatic N) is 1. The summed E-state index contributed by atoms with van der Waals surface area (Å²) in [6, 6.07) is 0.724. The lowest BCUT2D eigenvalue weighted by Crippen LogP contribution is -2.34. The van der Waals surface area contributed by atoms with E-state index in [9.17, 15) is 0 Å². The Kier molecular flexibility index (Phi) is 6.21. The Morgan fingerprint density at radius 3 is 2.33 bits per heavy atom. The average molecular weight is 276 g/mol. The first kappa shape index (κ1) is 13.5. The number of hydrogen-bond acceptors (Lipinski definition) is 1. The van der Waals surface area contributed by atoms with E-state index >= 15 is 0 Å². The molecule has 0 amide bonds. The molecule has 1 aliphatic rings. The minimum Gasteiger partial charge on any atom is -0.301 e. The summed E-state index contributed by atoms with van der Waals surface area (Å²) in [6.07, 6.45) is 5.62. The summed E-state index contributed by atoms with van der Waals surface area (Å²) in [4.78, 5) is 2.67. The lowest BCUT2D eigenvalue weighted by atomic mass is 10.0. The number of hydrogen-bond donors (Lipinski definition) is 0. The SMILES string of the molecule is CC(CCBr)CCN(CC1CC1)C(C)C. The van der Waals surface area contributed by atoms with Crippen LogP contribution in [0, 0.1) is 11.8 Å². The van der Waals surface area contributed by atoms with Gasteiger partial charge in [-0.1, -0.05) is 22.9 Å². The quantitative estimate of drug-likeness (QED) is 0.607. The van der Waals surface area contributed by atoms with Gasteiger partial charge in [-0.25, -0.2) is 0 Å². The highest BCUT2D eigenvalue weighted by molar-refractivity contribution is 9.09. The Balaban J connectivity index is 2.18. The van der Waals surface area contributed by atoms with Gasteiger partial charge in [0, 0.05) is 17.9 Å². The van der Waals surface area contributed by atoms with Crippen LogP contribution in [0.5, 0.6) is 0 Å². The Hall–Kier alpha value is 0.440. The van der Waals surface area contributed by atoms with Crippen LogP contribution in [0.15, 0.2) is 0 Å². The van der Waals surface area contributed by atoms with Crippen LogP contribution in [-0.4, -0.2) is 29.4 Å². The molecular weight excluding hydrogens is 250 g/mol. The summed E-state index contributed by atoms with van der Waals surface area (Å²) in [5.74, 6) is 1.89. The summed E-state index contributed by atoms with van der Waals surface area (Å²) >= 11 is 3.52. The van der Waals surface area contributed by atoms with Crippen molar-refractivity contribution in [3.63, 3.8) is 0 Å². The van der Waals surface area contributed by atoms with Gasteiger partial charge >= 0.3 is 0 Å². The smallest absolute Gasteiger partial charge is 0.00387 e. The zero-order chi connectivity index (χ0) is 11.3. The molecule has 1 nitrogen and oxygen atoms in total. The van der Waals surface area contributed by atoms with E-state index in [4.69, 9.17) is 0 Å². The van der Waals surface area contributed by atoms with Gasteiger partial charge in [0.15, 0.2) is 0 Å². The van der Waals surface area contributed by atoms with Crippen molar-refractivity contribution in [3.8, 4) is 0 Å². The fraction of sp³-hybridized carbons (Fsp3) is 1.00. The van der Waals surface area contributed by atoms with Gasteiger partial charge in [0.1, 0.15) is 0 Å². The van der Waals surface area contributed by atoms with Crippen LogP contribution in [0.1, 0.15) is 46.5 Å². The molecule has 0 aromatic carbocycles. The highest BCUT2D eigenvalue weighted by atomic mass is 79.9. The first-order valence-electron chi connectivity index (χ1n) is 6.43. The second kappa shape index (κ2) is 6.90. The summed E-state index contributed by atoms with van der Waals surface area (Å²) in [6.45, 7) is 9.67. The topological polar surface area (TPSA) is 3.24 Å². The van der Waals surface area contributed by atoms with E-state index in [1.807, 2.05) is 0 Å². The monoisotopic (exact) mass is 275 g/mol. The van der Waals surface area contributed by atoms with E-state index < -0.39 is 0 Å². The molecule has 90 valence electrons. The largest absolute Gasteiger partial charge is 0.301 e. The van der Waals surface area contributed by atoms with Gasteiger partial charge < -0.3 is 4.90 Å². The molecular formula is C13H26BrN. The summed E-state index contributed by atoms with van der Waals surface area (Å²) in [5.41, 5.74) is 0. The molecule has 1 aliphatic carbocycles. The second-order valence-electron chi connectivity index (χ2n) is 5.40. The molecule has 2 heteroatoms. The van der Waals surface area contributed by atoms with E-state index in [0.717, 1.165) is 23.2 Å². The molecule has 1 unspecified atom stereocenters. The van der Waals surface area contributed by atoms with E-state index in [-0.39, 0.29) is 0 Å². The summed E-state index contributed by atoms with van der Waals surface area (Å²) in [7, 11) is 0. The van der Waals surface area contributed by atoms with Crippen LogP contribution in [0.25, 0.3) is 0 Å². The third-order valence-electron chi connectivity index (χ3n) is 3.43. The molecule has 1 fully saturated rings. The first-order valence-corrected chi connectivity index (χ1v) is 7.55. The third kappa shape index (κ3) is 5.91. The van der Waals surface area contributed by atoms with Crippen molar-refractivity contribution in [3.05, 3.63) is 0 Å². The van der Waals surface area contributed by atoms with Crippen molar-refractivity contribution in [2.24, 2.45) is 11.8 Å². The lowest BCUT2D eigenvalue weighted by molar-refractivity contribution is 0.198. The van der Waals surface area contributed by atoms with E-state index in [1.165, 1.54) is 38.8 Å². The van der Waals surface area contributed by atoms with Gasteiger partial charge in [-0.15, -0.1) is 0 Å². The van der Waals surface area contributed by atoms with Crippen molar-refractivity contribution in [2.75, 3.05) is 18.4 Å². The van der Waals surface area contributed by atoms with Gasteiger partial charge in [-0.2, -0.15) is 0 Å². The van der Waals surface area contributed by atoms with Gasteiger partial charge in [0.2, 0.25) is 0 Å². The zero-order valence-corrected chi connectivity index (χ0v) is 12.1. The number of rotatable bonds is 8. The molecule has 1 rings (SSSR count). The van der Waals surface area contributed by atoms with Gasteiger partial charge in [0.25, 0.3) is 0 Å². The highest BCUT2D eigenvalue weighted by Gasteiger charge is 2.25. The predicted molar refractivity (Wildman–Crippen MR) is 71.6 cm³/mol. The predicted octanol–water partition coefficient (Wildman–Crippen LogP) is 3.92. The molecule has 0 bridgehead atoms. The van der Waals surface area contributed by atoms with Crippen LogP contribution in [-0.2, 0) is 0 Å². The highest BCUT2D eigenvalue weighted by Crippen LogP contribution is 2.30. The summed E-state index contributed by atoms with van der Waals surface area (Å²) < 4.78 is 0. The van der Waals surface area contributed by atoms with Gasteiger partial charge in [-0.05, 0) is 57.9 Å². The average Bonchev–Trinajstić information content (AvgIpc) is 2.95. The Morgan fingerprint density at radius 2 is 1.87 bits per heavy atom. The first-order chi connectivity index (χ1) is 7.13. The van der Waals surface area contributed by atoms with Crippen molar-refractivity contribution in [1.29, 1.82) is 0 Å².